The van der Waals surface area contributed by atoms with Gasteiger partial charge in [0.15, 0.2) is 0 Å². The summed E-state index contributed by atoms with van der Waals surface area (Å²) in [6.07, 6.45) is 3.69. The van der Waals surface area contributed by atoms with Crippen LogP contribution < -0.4 is 5.32 Å². The third-order valence-corrected chi connectivity index (χ3v) is 5.42. The Balaban J connectivity index is 1.49. The number of carbonyl (C=O) groups excluding carboxylic acids is 2. The first-order valence-electron chi connectivity index (χ1n) is 9.37. The zero-order chi connectivity index (χ0) is 18.0. The van der Waals surface area contributed by atoms with Gasteiger partial charge < -0.3 is 19.5 Å². The molecular weight excluding hydrogens is 318 g/mol. The Hall–Kier alpha value is -1.98. The molecule has 6 heteroatoms. The van der Waals surface area contributed by atoms with Crippen molar-refractivity contribution in [2.75, 3.05) is 26.2 Å². The lowest BCUT2D eigenvalue weighted by Gasteiger charge is -2.34. The van der Waals surface area contributed by atoms with Gasteiger partial charge in [-0.3, -0.25) is 4.79 Å². The third-order valence-electron chi connectivity index (χ3n) is 5.42. The van der Waals surface area contributed by atoms with Crippen LogP contribution >= 0.6 is 0 Å². The van der Waals surface area contributed by atoms with E-state index in [1.165, 1.54) is 0 Å². The van der Waals surface area contributed by atoms with Gasteiger partial charge in [-0.05, 0) is 52.5 Å². The fourth-order valence-electron chi connectivity index (χ4n) is 3.93. The second-order valence-corrected chi connectivity index (χ2v) is 7.34. The molecule has 0 aromatic carbocycles. The van der Waals surface area contributed by atoms with Crippen LogP contribution in [0, 0.1) is 19.8 Å². The quantitative estimate of drug-likeness (QED) is 0.914. The molecule has 1 aromatic heterocycles. The van der Waals surface area contributed by atoms with Crippen molar-refractivity contribution in [3.8, 4) is 0 Å². The van der Waals surface area contributed by atoms with Crippen LogP contribution in [0.2, 0.25) is 0 Å². The topological polar surface area (TPSA) is 65.8 Å². The van der Waals surface area contributed by atoms with E-state index in [0.29, 0.717) is 13.1 Å². The molecule has 0 aliphatic carbocycles. The number of rotatable bonds is 3. The van der Waals surface area contributed by atoms with Gasteiger partial charge in [-0.15, -0.1) is 0 Å². The maximum atomic E-state index is 12.6. The predicted octanol–water partition coefficient (Wildman–Crippen LogP) is 3.00. The van der Waals surface area contributed by atoms with Crippen LogP contribution in [-0.2, 0) is 4.79 Å². The molecule has 1 aromatic rings. The van der Waals surface area contributed by atoms with E-state index in [1.54, 1.807) is 0 Å². The van der Waals surface area contributed by atoms with E-state index in [9.17, 15) is 9.59 Å². The molecule has 0 radical (unpaired) electrons. The zero-order valence-electron chi connectivity index (χ0n) is 15.5. The first-order valence-corrected chi connectivity index (χ1v) is 9.37. The van der Waals surface area contributed by atoms with Gasteiger partial charge >= 0.3 is 6.03 Å². The summed E-state index contributed by atoms with van der Waals surface area (Å²) in [5.41, 5.74) is 1.03. The molecule has 2 saturated heterocycles. The molecule has 0 bridgehead atoms. The number of aryl methyl sites for hydroxylation is 2. The highest BCUT2D eigenvalue weighted by atomic mass is 16.3. The standard InChI is InChI=1S/C19H29N3O3/c1-13-12-17(15(3)25-13)14(2)20-18(23)16-6-10-22(11-7-16)19(24)21-8-4-5-9-21/h12,14,16H,4-11H2,1-3H3,(H,20,23)/t14-/m0/s1. The Morgan fingerprint density at radius 3 is 2.28 bits per heavy atom. The van der Waals surface area contributed by atoms with E-state index in [2.05, 4.69) is 5.32 Å². The molecule has 1 N–H and O–H groups in total. The van der Waals surface area contributed by atoms with E-state index in [4.69, 9.17) is 4.42 Å². The largest absolute Gasteiger partial charge is 0.466 e. The molecule has 25 heavy (non-hydrogen) atoms. The maximum Gasteiger partial charge on any atom is 0.319 e. The van der Waals surface area contributed by atoms with Gasteiger partial charge in [-0.25, -0.2) is 4.79 Å². The minimum Gasteiger partial charge on any atom is -0.466 e. The van der Waals surface area contributed by atoms with Crippen molar-refractivity contribution in [3.63, 3.8) is 0 Å². The molecule has 3 amide bonds. The van der Waals surface area contributed by atoms with Crippen LogP contribution in [-0.4, -0.2) is 47.9 Å². The molecule has 0 unspecified atom stereocenters. The first kappa shape index (κ1) is 17.8. The highest BCUT2D eigenvalue weighted by Crippen LogP contribution is 2.24. The molecule has 0 spiro atoms. The Labute approximate surface area is 149 Å². The molecule has 138 valence electrons. The summed E-state index contributed by atoms with van der Waals surface area (Å²) in [5.74, 6) is 1.79. The van der Waals surface area contributed by atoms with E-state index in [-0.39, 0.29) is 23.9 Å². The lowest BCUT2D eigenvalue weighted by Crippen LogP contribution is -2.47. The van der Waals surface area contributed by atoms with Crippen LogP contribution in [0.3, 0.4) is 0 Å². The Morgan fingerprint density at radius 1 is 1.12 bits per heavy atom. The van der Waals surface area contributed by atoms with Gasteiger partial charge in [0.2, 0.25) is 5.91 Å². The smallest absolute Gasteiger partial charge is 0.319 e. The van der Waals surface area contributed by atoms with Gasteiger partial charge in [0.25, 0.3) is 0 Å². The number of amides is 3. The minimum absolute atomic E-state index is 0.0154. The van der Waals surface area contributed by atoms with Crippen molar-refractivity contribution in [1.29, 1.82) is 0 Å². The summed E-state index contributed by atoms with van der Waals surface area (Å²) in [5, 5.41) is 3.11. The summed E-state index contributed by atoms with van der Waals surface area (Å²) < 4.78 is 5.55. The van der Waals surface area contributed by atoms with Crippen LogP contribution in [0.25, 0.3) is 0 Å². The molecule has 3 rings (SSSR count). The van der Waals surface area contributed by atoms with E-state index >= 15 is 0 Å². The number of piperidine rings is 1. The summed E-state index contributed by atoms with van der Waals surface area (Å²) in [6, 6.07) is 2.07. The number of hydrogen-bond acceptors (Lipinski definition) is 3. The number of carbonyl (C=O) groups is 2. The molecule has 2 aliphatic heterocycles. The lowest BCUT2D eigenvalue weighted by atomic mass is 9.95. The SMILES string of the molecule is Cc1cc([C@H](C)NC(=O)C2CCN(C(=O)N3CCCC3)CC2)c(C)o1. The van der Waals surface area contributed by atoms with Gasteiger partial charge in [-0.1, -0.05) is 0 Å². The molecule has 3 heterocycles. The van der Waals surface area contributed by atoms with Crippen molar-refractivity contribution >= 4 is 11.9 Å². The Kier molecular flexibility index (Phi) is 5.35. The molecule has 1 atom stereocenters. The van der Waals surface area contributed by atoms with Gasteiger partial charge in [-0.2, -0.15) is 0 Å². The summed E-state index contributed by atoms with van der Waals surface area (Å²) in [7, 11) is 0. The third kappa shape index (κ3) is 3.99. The maximum absolute atomic E-state index is 12.6. The number of furan rings is 1. The Morgan fingerprint density at radius 2 is 1.72 bits per heavy atom. The van der Waals surface area contributed by atoms with Crippen LogP contribution in [0.1, 0.15) is 55.7 Å². The van der Waals surface area contributed by atoms with Gasteiger partial charge in [0, 0.05) is 37.7 Å². The van der Waals surface area contributed by atoms with Crippen LogP contribution in [0.4, 0.5) is 4.79 Å². The molecule has 6 nitrogen and oxygen atoms in total. The lowest BCUT2D eigenvalue weighted by molar-refractivity contribution is -0.126. The van der Waals surface area contributed by atoms with Gasteiger partial charge in [0.05, 0.1) is 6.04 Å². The number of nitrogens with one attached hydrogen (secondary N) is 1. The highest BCUT2D eigenvalue weighted by molar-refractivity contribution is 5.80. The first-order chi connectivity index (χ1) is 12.0. The van der Waals surface area contributed by atoms with Crippen molar-refractivity contribution in [3.05, 3.63) is 23.2 Å². The zero-order valence-corrected chi connectivity index (χ0v) is 15.5. The molecular formula is C19H29N3O3. The van der Waals surface area contributed by atoms with Crippen molar-refractivity contribution < 1.29 is 14.0 Å². The van der Waals surface area contributed by atoms with Crippen molar-refractivity contribution in [1.82, 2.24) is 15.1 Å². The average Bonchev–Trinajstić information content (AvgIpc) is 3.24. The second kappa shape index (κ2) is 7.50. The second-order valence-electron chi connectivity index (χ2n) is 7.34. The average molecular weight is 347 g/mol. The predicted molar refractivity (Wildman–Crippen MR) is 95.2 cm³/mol. The van der Waals surface area contributed by atoms with Gasteiger partial charge in [0.1, 0.15) is 11.5 Å². The monoisotopic (exact) mass is 347 g/mol. The minimum atomic E-state index is -0.0609. The summed E-state index contributed by atoms with van der Waals surface area (Å²) in [6.45, 7) is 8.92. The van der Waals surface area contributed by atoms with Crippen molar-refractivity contribution in [2.24, 2.45) is 5.92 Å². The van der Waals surface area contributed by atoms with Crippen LogP contribution in [0.5, 0.6) is 0 Å². The summed E-state index contributed by atoms with van der Waals surface area (Å²) >= 11 is 0. The van der Waals surface area contributed by atoms with E-state index in [0.717, 1.165) is 55.9 Å². The molecule has 0 saturated carbocycles. The molecule has 2 fully saturated rings. The number of urea groups is 1. The van der Waals surface area contributed by atoms with Crippen LogP contribution in [0.15, 0.2) is 10.5 Å². The fraction of sp³-hybridized carbons (Fsp3) is 0.684. The fourth-order valence-corrected chi connectivity index (χ4v) is 3.93. The highest BCUT2D eigenvalue weighted by Gasteiger charge is 2.31. The molecule has 2 aliphatic rings. The van der Waals surface area contributed by atoms with E-state index < -0.39 is 0 Å². The van der Waals surface area contributed by atoms with E-state index in [1.807, 2.05) is 36.6 Å². The number of nitrogens with zero attached hydrogens (tertiary/aromatic N) is 2. The number of likely N-dealkylation sites (tertiary alicyclic amines) is 2. The van der Waals surface area contributed by atoms with Crippen molar-refractivity contribution in [2.45, 2.75) is 52.5 Å². The normalized spacial score (nSPS) is 20.0. The Bertz CT molecular complexity index is 626. The number of hydrogen-bond donors (Lipinski definition) is 1. The summed E-state index contributed by atoms with van der Waals surface area (Å²) in [4.78, 5) is 28.8.